The molecule has 0 aromatic carbocycles. The molecule has 0 atom stereocenters. The van der Waals surface area contributed by atoms with Crippen LogP contribution in [0.1, 0.15) is 123 Å². The summed E-state index contributed by atoms with van der Waals surface area (Å²) in [5.41, 5.74) is 0. The monoisotopic (exact) mass is 311 g/mol. The third-order valence-corrected chi connectivity index (χ3v) is 4.41. The lowest BCUT2D eigenvalue weighted by atomic mass is 10.1. The normalized spacial score (nSPS) is 11.2. The second-order valence-corrected chi connectivity index (χ2v) is 6.78. The van der Waals surface area contributed by atoms with E-state index < -0.39 is 0 Å². The van der Waals surface area contributed by atoms with Gasteiger partial charge in [-0.2, -0.15) is 0 Å². The molecule has 133 valence electrons. The van der Waals surface area contributed by atoms with Crippen molar-refractivity contribution < 1.29 is 4.74 Å². The average molecular weight is 312 g/mol. The highest BCUT2D eigenvalue weighted by atomic mass is 16.5. The Labute approximate surface area is 141 Å². The van der Waals surface area contributed by atoms with Crippen molar-refractivity contribution in [2.75, 3.05) is 6.61 Å². The SMILES string of the molecule is CCCCCCCCCC[CH]OCCCCCCCCCC. The van der Waals surface area contributed by atoms with Gasteiger partial charge in [-0.1, -0.05) is 110 Å². The number of unbranched alkanes of at least 4 members (excludes halogenated alkanes) is 15. The summed E-state index contributed by atoms with van der Waals surface area (Å²) < 4.78 is 5.61. The Balaban J connectivity index is 2.91. The van der Waals surface area contributed by atoms with Crippen LogP contribution in [0.2, 0.25) is 0 Å². The van der Waals surface area contributed by atoms with E-state index in [9.17, 15) is 0 Å². The minimum absolute atomic E-state index is 0.936. The molecule has 1 nitrogen and oxygen atoms in total. The zero-order valence-corrected chi connectivity index (χ0v) is 15.7. The van der Waals surface area contributed by atoms with Gasteiger partial charge in [-0.05, 0) is 12.8 Å². The van der Waals surface area contributed by atoms with Crippen molar-refractivity contribution in [1.82, 2.24) is 0 Å². The Bertz CT molecular complexity index is 159. The molecule has 0 aliphatic rings. The fraction of sp³-hybridized carbons (Fsp3) is 0.952. The molecular weight excluding hydrogens is 268 g/mol. The van der Waals surface area contributed by atoms with Gasteiger partial charge in [-0.25, -0.2) is 0 Å². The molecule has 0 saturated heterocycles. The number of rotatable bonds is 19. The van der Waals surface area contributed by atoms with Crippen LogP contribution in [0.25, 0.3) is 0 Å². The molecule has 0 heterocycles. The molecule has 0 aromatic rings. The van der Waals surface area contributed by atoms with Crippen LogP contribution in [-0.4, -0.2) is 6.61 Å². The maximum absolute atomic E-state index is 5.61. The second-order valence-electron chi connectivity index (χ2n) is 6.78. The van der Waals surface area contributed by atoms with Crippen LogP contribution in [-0.2, 0) is 4.74 Å². The van der Waals surface area contributed by atoms with Crippen LogP contribution in [0.4, 0.5) is 0 Å². The van der Waals surface area contributed by atoms with Gasteiger partial charge < -0.3 is 4.74 Å². The van der Waals surface area contributed by atoms with Crippen LogP contribution in [0.3, 0.4) is 0 Å². The summed E-state index contributed by atoms with van der Waals surface area (Å²) >= 11 is 0. The van der Waals surface area contributed by atoms with Gasteiger partial charge in [-0.15, -0.1) is 0 Å². The van der Waals surface area contributed by atoms with E-state index in [0.717, 1.165) is 13.0 Å². The topological polar surface area (TPSA) is 9.23 Å². The maximum atomic E-state index is 5.61. The Morgan fingerprint density at radius 3 is 1.41 bits per heavy atom. The molecule has 0 fully saturated rings. The summed E-state index contributed by atoms with van der Waals surface area (Å²) in [6.45, 7) is 7.55. The van der Waals surface area contributed by atoms with E-state index in [4.69, 9.17) is 4.74 Å². The first-order valence-electron chi connectivity index (χ1n) is 10.3. The van der Waals surface area contributed by atoms with Crippen LogP contribution < -0.4 is 0 Å². The van der Waals surface area contributed by atoms with Crippen LogP contribution in [0.5, 0.6) is 0 Å². The van der Waals surface area contributed by atoms with Gasteiger partial charge in [-0.3, -0.25) is 0 Å². The zero-order valence-electron chi connectivity index (χ0n) is 15.7. The quantitative estimate of drug-likeness (QED) is 0.221. The van der Waals surface area contributed by atoms with Gasteiger partial charge in [0.2, 0.25) is 0 Å². The lowest BCUT2D eigenvalue weighted by Crippen LogP contribution is -1.92. The minimum Gasteiger partial charge on any atom is -0.376 e. The molecule has 1 heteroatoms. The van der Waals surface area contributed by atoms with Crippen molar-refractivity contribution in [2.45, 2.75) is 123 Å². The molecule has 0 rings (SSSR count). The molecule has 1 radical (unpaired) electrons. The summed E-state index contributed by atoms with van der Waals surface area (Å²) in [7, 11) is 0. The number of hydrogen-bond acceptors (Lipinski definition) is 1. The summed E-state index contributed by atoms with van der Waals surface area (Å²) in [4.78, 5) is 0. The van der Waals surface area contributed by atoms with Crippen LogP contribution in [0, 0.1) is 6.61 Å². The first-order chi connectivity index (χ1) is 10.9. The van der Waals surface area contributed by atoms with E-state index in [1.165, 1.54) is 103 Å². The molecule has 0 N–H and O–H groups in total. The van der Waals surface area contributed by atoms with Crippen molar-refractivity contribution in [3.63, 3.8) is 0 Å². The molecule has 0 unspecified atom stereocenters. The van der Waals surface area contributed by atoms with Gasteiger partial charge in [0.05, 0.1) is 6.61 Å². The minimum atomic E-state index is 0.936. The van der Waals surface area contributed by atoms with Crippen molar-refractivity contribution in [3.05, 3.63) is 6.61 Å². The molecule has 0 amide bonds. The Kier molecular flexibility index (Phi) is 20.9. The largest absolute Gasteiger partial charge is 0.376 e. The molecule has 0 saturated carbocycles. The molecule has 0 aromatic heterocycles. The van der Waals surface area contributed by atoms with Gasteiger partial charge in [0.25, 0.3) is 0 Å². The first kappa shape index (κ1) is 22.0. The fourth-order valence-electron chi connectivity index (χ4n) is 2.85. The molecule has 0 spiro atoms. The fourth-order valence-corrected chi connectivity index (χ4v) is 2.85. The second kappa shape index (κ2) is 21.0. The van der Waals surface area contributed by atoms with E-state index in [1.807, 2.05) is 0 Å². The Morgan fingerprint density at radius 1 is 0.500 bits per heavy atom. The summed E-state index contributed by atoms with van der Waals surface area (Å²) in [5, 5.41) is 0. The van der Waals surface area contributed by atoms with Crippen molar-refractivity contribution in [2.24, 2.45) is 0 Å². The summed E-state index contributed by atoms with van der Waals surface area (Å²) in [6.07, 6.45) is 23.3. The van der Waals surface area contributed by atoms with Crippen molar-refractivity contribution in [1.29, 1.82) is 0 Å². The maximum Gasteiger partial charge on any atom is 0.0836 e. The van der Waals surface area contributed by atoms with Gasteiger partial charge in [0.15, 0.2) is 0 Å². The highest BCUT2D eigenvalue weighted by Gasteiger charge is 1.94. The predicted molar refractivity (Wildman–Crippen MR) is 100 cm³/mol. The smallest absolute Gasteiger partial charge is 0.0836 e. The Hall–Kier alpha value is -0.0400. The molecule has 0 bridgehead atoms. The zero-order chi connectivity index (χ0) is 16.1. The first-order valence-corrected chi connectivity index (χ1v) is 10.3. The lowest BCUT2D eigenvalue weighted by Gasteiger charge is -2.04. The predicted octanol–water partition coefficient (Wildman–Crippen LogP) is 7.84. The summed E-state index contributed by atoms with van der Waals surface area (Å²) in [6, 6.07) is 0. The van der Waals surface area contributed by atoms with Crippen molar-refractivity contribution in [3.8, 4) is 0 Å². The van der Waals surface area contributed by atoms with E-state index >= 15 is 0 Å². The van der Waals surface area contributed by atoms with E-state index in [2.05, 4.69) is 20.5 Å². The van der Waals surface area contributed by atoms with Gasteiger partial charge in [0.1, 0.15) is 0 Å². The van der Waals surface area contributed by atoms with Crippen LogP contribution >= 0.6 is 0 Å². The van der Waals surface area contributed by atoms with E-state index in [0.29, 0.717) is 0 Å². The highest BCUT2D eigenvalue weighted by molar-refractivity contribution is 4.54. The third kappa shape index (κ3) is 20.0. The lowest BCUT2D eigenvalue weighted by molar-refractivity contribution is 0.183. The number of hydrogen-bond donors (Lipinski definition) is 0. The molecule has 22 heavy (non-hydrogen) atoms. The van der Waals surface area contributed by atoms with E-state index in [1.54, 1.807) is 0 Å². The summed E-state index contributed by atoms with van der Waals surface area (Å²) in [5.74, 6) is 0. The number of ether oxygens (including phenoxy) is 1. The highest BCUT2D eigenvalue weighted by Crippen LogP contribution is 2.11. The Morgan fingerprint density at radius 2 is 0.909 bits per heavy atom. The molecule has 0 aliphatic heterocycles. The molecular formula is C21H43O. The standard InChI is InChI=1S/C21H43O/c1-3-5-7-9-11-13-15-17-19-21-22-20-18-16-14-12-10-8-6-4-2/h21H,3-20H2,1-2H3. The van der Waals surface area contributed by atoms with Gasteiger partial charge >= 0.3 is 0 Å². The average Bonchev–Trinajstić information content (AvgIpc) is 2.54. The van der Waals surface area contributed by atoms with Gasteiger partial charge in [0, 0.05) is 6.61 Å². The molecule has 0 aliphatic carbocycles. The van der Waals surface area contributed by atoms with Crippen molar-refractivity contribution >= 4 is 0 Å². The third-order valence-electron chi connectivity index (χ3n) is 4.41. The van der Waals surface area contributed by atoms with E-state index in [-0.39, 0.29) is 0 Å². The van der Waals surface area contributed by atoms with Crippen LogP contribution in [0.15, 0.2) is 0 Å².